The number of imidazole rings is 1. The van der Waals surface area contributed by atoms with Crippen molar-refractivity contribution in [2.75, 3.05) is 43.9 Å². The molecular formula is C25H29ClFN7O. The van der Waals surface area contributed by atoms with Crippen molar-refractivity contribution in [2.45, 2.75) is 38.1 Å². The maximum atomic E-state index is 13.7. The molecule has 1 amide bonds. The van der Waals surface area contributed by atoms with E-state index in [1.807, 2.05) is 13.1 Å². The molecule has 1 saturated heterocycles. The summed E-state index contributed by atoms with van der Waals surface area (Å²) >= 11 is 6.04. The van der Waals surface area contributed by atoms with Gasteiger partial charge in [0, 0.05) is 49.4 Å². The van der Waals surface area contributed by atoms with Gasteiger partial charge in [0.15, 0.2) is 0 Å². The van der Waals surface area contributed by atoms with Gasteiger partial charge in [-0.15, -0.1) is 0 Å². The van der Waals surface area contributed by atoms with Gasteiger partial charge in [-0.1, -0.05) is 11.6 Å². The molecule has 1 unspecified atom stereocenters. The fraction of sp³-hybridized carbons (Fsp3) is 0.440. The molecule has 1 fully saturated rings. The van der Waals surface area contributed by atoms with Crippen molar-refractivity contribution in [1.29, 1.82) is 0 Å². The van der Waals surface area contributed by atoms with E-state index in [2.05, 4.69) is 43.7 Å². The summed E-state index contributed by atoms with van der Waals surface area (Å²) in [7, 11) is 4.10. The molecule has 35 heavy (non-hydrogen) atoms. The Morgan fingerprint density at radius 2 is 2.00 bits per heavy atom. The zero-order chi connectivity index (χ0) is 24.7. The first-order valence-corrected chi connectivity index (χ1v) is 12.3. The molecular weight excluding hydrogens is 469 g/mol. The van der Waals surface area contributed by atoms with Gasteiger partial charge in [-0.3, -0.25) is 4.79 Å². The highest BCUT2D eigenvalue weighted by Crippen LogP contribution is 2.39. The Hall–Kier alpha value is -3.04. The highest BCUT2D eigenvalue weighted by molar-refractivity contribution is 6.31. The summed E-state index contributed by atoms with van der Waals surface area (Å²) in [5.74, 6) is 2.07. The van der Waals surface area contributed by atoms with Crippen LogP contribution in [0.5, 0.6) is 0 Å². The van der Waals surface area contributed by atoms with Crippen molar-refractivity contribution in [3.63, 3.8) is 0 Å². The topological polar surface area (TPSA) is 79.2 Å². The number of rotatable bonds is 6. The number of anilines is 2. The SMILES string of the molecule is CC1C(=O)Nc2ncnc(N3CCC(c4nc(-c5ccc(F)c(Cl)c5)cn4CCN(C)C)CC3)c21. The number of fused-ring (bicyclic) bond motifs is 1. The number of carbonyl (C=O) groups excluding carboxylic acids is 1. The van der Waals surface area contributed by atoms with Crippen molar-refractivity contribution in [1.82, 2.24) is 24.4 Å². The Bertz CT molecular complexity index is 1250. The van der Waals surface area contributed by atoms with Crippen LogP contribution in [0.3, 0.4) is 0 Å². The molecule has 2 aromatic heterocycles. The quantitative estimate of drug-likeness (QED) is 0.551. The average Bonchev–Trinajstić information content (AvgIpc) is 3.40. The summed E-state index contributed by atoms with van der Waals surface area (Å²) in [5.41, 5.74) is 2.50. The maximum absolute atomic E-state index is 13.7. The summed E-state index contributed by atoms with van der Waals surface area (Å²) in [6.07, 6.45) is 5.39. The molecule has 4 heterocycles. The summed E-state index contributed by atoms with van der Waals surface area (Å²) in [5, 5.41) is 2.95. The van der Waals surface area contributed by atoms with E-state index in [0.29, 0.717) is 5.82 Å². The van der Waals surface area contributed by atoms with Crippen molar-refractivity contribution in [3.8, 4) is 11.3 Å². The first-order chi connectivity index (χ1) is 16.8. The molecule has 5 rings (SSSR count). The highest BCUT2D eigenvalue weighted by Gasteiger charge is 2.34. The lowest BCUT2D eigenvalue weighted by Gasteiger charge is -2.33. The van der Waals surface area contributed by atoms with E-state index in [1.54, 1.807) is 12.1 Å². The third-order valence-electron chi connectivity index (χ3n) is 6.90. The van der Waals surface area contributed by atoms with Crippen LogP contribution in [-0.2, 0) is 11.3 Å². The second-order valence-corrected chi connectivity index (χ2v) is 9.95. The number of amides is 1. The van der Waals surface area contributed by atoms with Gasteiger partial charge in [0.1, 0.15) is 29.6 Å². The van der Waals surface area contributed by atoms with Crippen LogP contribution in [0.25, 0.3) is 11.3 Å². The number of nitrogens with one attached hydrogen (secondary N) is 1. The molecule has 1 aromatic carbocycles. The van der Waals surface area contributed by atoms with Gasteiger partial charge in [0.05, 0.1) is 16.6 Å². The monoisotopic (exact) mass is 497 g/mol. The Kier molecular flexibility index (Phi) is 6.46. The molecule has 1 atom stereocenters. The summed E-state index contributed by atoms with van der Waals surface area (Å²) in [6, 6.07) is 4.74. The number of carbonyl (C=O) groups is 1. The Labute approximate surface area is 209 Å². The van der Waals surface area contributed by atoms with Crippen molar-refractivity contribution in [2.24, 2.45) is 0 Å². The molecule has 0 aliphatic carbocycles. The molecule has 184 valence electrons. The average molecular weight is 498 g/mol. The van der Waals surface area contributed by atoms with Crippen LogP contribution in [-0.4, -0.2) is 64.1 Å². The number of halogens is 2. The molecule has 1 N–H and O–H groups in total. The van der Waals surface area contributed by atoms with E-state index in [1.165, 1.54) is 12.4 Å². The van der Waals surface area contributed by atoms with E-state index >= 15 is 0 Å². The predicted octanol–water partition coefficient (Wildman–Crippen LogP) is 4.13. The van der Waals surface area contributed by atoms with Gasteiger partial charge in [-0.05, 0) is 52.1 Å². The number of aromatic nitrogens is 4. The molecule has 3 aromatic rings. The van der Waals surface area contributed by atoms with E-state index in [4.69, 9.17) is 16.6 Å². The van der Waals surface area contributed by atoms with Crippen LogP contribution in [0.4, 0.5) is 16.0 Å². The number of hydrogen-bond donors (Lipinski definition) is 1. The van der Waals surface area contributed by atoms with Gasteiger partial charge in [-0.25, -0.2) is 19.3 Å². The Morgan fingerprint density at radius 1 is 1.23 bits per heavy atom. The lowest BCUT2D eigenvalue weighted by Crippen LogP contribution is -2.35. The van der Waals surface area contributed by atoms with Gasteiger partial charge in [-0.2, -0.15) is 0 Å². The largest absolute Gasteiger partial charge is 0.356 e. The summed E-state index contributed by atoms with van der Waals surface area (Å²) in [4.78, 5) is 30.3. The van der Waals surface area contributed by atoms with Crippen LogP contribution in [0.2, 0.25) is 5.02 Å². The van der Waals surface area contributed by atoms with Gasteiger partial charge in [0.25, 0.3) is 0 Å². The Morgan fingerprint density at radius 3 is 2.71 bits per heavy atom. The molecule has 0 spiro atoms. The summed E-state index contributed by atoms with van der Waals surface area (Å²) < 4.78 is 15.9. The highest BCUT2D eigenvalue weighted by atomic mass is 35.5. The van der Waals surface area contributed by atoms with Crippen LogP contribution >= 0.6 is 11.6 Å². The van der Waals surface area contributed by atoms with Gasteiger partial charge >= 0.3 is 0 Å². The second-order valence-electron chi connectivity index (χ2n) is 9.54. The number of nitrogens with zero attached hydrogens (tertiary/aromatic N) is 6. The fourth-order valence-electron chi connectivity index (χ4n) is 4.88. The third-order valence-corrected chi connectivity index (χ3v) is 7.19. The minimum Gasteiger partial charge on any atom is -0.356 e. The van der Waals surface area contributed by atoms with Crippen molar-refractivity contribution < 1.29 is 9.18 Å². The predicted molar refractivity (Wildman–Crippen MR) is 134 cm³/mol. The number of hydrogen-bond acceptors (Lipinski definition) is 6. The molecule has 10 heteroatoms. The van der Waals surface area contributed by atoms with Gasteiger partial charge in [0.2, 0.25) is 5.91 Å². The second kappa shape index (κ2) is 9.54. The normalized spacial score (nSPS) is 18.3. The number of piperidine rings is 1. The standard InChI is InChI=1S/C25H29ClFN7O/c1-15-21-22(31-25(15)35)28-14-29-24(21)33-8-6-16(7-9-33)23-30-20(13-34(23)11-10-32(2)3)17-4-5-19(27)18(26)12-17/h4-5,12-16H,6-11H2,1-3H3,(H,28,29,31,35). The zero-order valence-electron chi connectivity index (χ0n) is 20.1. The van der Waals surface area contributed by atoms with Crippen LogP contribution in [0.1, 0.15) is 43.0 Å². The molecule has 2 aliphatic rings. The number of likely N-dealkylation sites (N-methyl/N-ethyl adjacent to an activating group) is 1. The first-order valence-electron chi connectivity index (χ1n) is 11.9. The van der Waals surface area contributed by atoms with Crippen molar-refractivity contribution in [3.05, 3.63) is 53.0 Å². The lowest BCUT2D eigenvalue weighted by molar-refractivity contribution is -0.116. The van der Waals surface area contributed by atoms with E-state index in [-0.39, 0.29) is 22.8 Å². The molecule has 8 nitrogen and oxygen atoms in total. The minimum absolute atomic E-state index is 0.0343. The maximum Gasteiger partial charge on any atom is 0.233 e. The van der Waals surface area contributed by atoms with Crippen LogP contribution < -0.4 is 10.2 Å². The summed E-state index contributed by atoms with van der Waals surface area (Å²) in [6.45, 7) is 5.22. The minimum atomic E-state index is -0.433. The molecule has 2 aliphatic heterocycles. The van der Waals surface area contributed by atoms with Crippen LogP contribution in [0.15, 0.2) is 30.7 Å². The molecule has 0 saturated carbocycles. The fourth-order valence-corrected chi connectivity index (χ4v) is 5.06. The van der Waals surface area contributed by atoms with Crippen molar-refractivity contribution >= 4 is 29.1 Å². The van der Waals surface area contributed by atoms with E-state index in [0.717, 1.165) is 67.5 Å². The third kappa shape index (κ3) is 4.62. The smallest absolute Gasteiger partial charge is 0.233 e. The van der Waals surface area contributed by atoms with E-state index < -0.39 is 5.82 Å². The molecule has 0 radical (unpaired) electrons. The van der Waals surface area contributed by atoms with E-state index in [9.17, 15) is 9.18 Å². The Balaban J connectivity index is 1.38. The molecule has 0 bridgehead atoms. The first kappa shape index (κ1) is 23.7. The van der Waals surface area contributed by atoms with Crippen LogP contribution in [0, 0.1) is 5.82 Å². The number of benzene rings is 1. The zero-order valence-corrected chi connectivity index (χ0v) is 20.9. The van der Waals surface area contributed by atoms with Gasteiger partial charge < -0.3 is 19.7 Å². The lowest BCUT2D eigenvalue weighted by atomic mass is 9.95.